The largest absolute Gasteiger partial charge is 0.326 e. The number of Topliss-reactive ketones (excluding diaryl/α,β-unsaturated/α-hetero) is 1. The first kappa shape index (κ1) is 17.0. The summed E-state index contributed by atoms with van der Waals surface area (Å²) in [5.41, 5.74) is 8.40. The number of hydrogen-bond acceptors (Lipinski definition) is 2. The molecule has 3 rings (SSSR count). The van der Waals surface area contributed by atoms with Crippen LogP contribution >= 0.6 is 0 Å². The lowest BCUT2D eigenvalue weighted by Gasteiger charge is -2.11. The number of ketones is 1. The van der Waals surface area contributed by atoms with Crippen molar-refractivity contribution in [2.45, 2.75) is 25.8 Å². The van der Waals surface area contributed by atoms with E-state index in [4.69, 9.17) is 5.73 Å². The minimum absolute atomic E-state index is 0.161. The van der Waals surface area contributed by atoms with Gasteiger partial charge in [-0.05, 0) is 33.7 Å². The van der Waals surface area contributed by atoms with E-state index in [-0.39, 0.29) is 11.7 Å². The molecule has 0 saturated heterocycles. The summed E-state index contributed by atoms with van der Waals surface area (Å²) in [7, 11) is 0. The number of nitrogens with two attached hydrogens (primary N) is 1. The fourth-order valence-electron chi connectivity index (χ4n) is 3.06. The van der Waals surface area contributed by atoms with Gasteiger partial charge in [0.2, 0.25) is 5.78 Å². The molecular weight excluding hydrogens is 306 g/mol. The third-order valence-electron chi connectivity index (χ3n) is 4.45. The van der Waals surface area contributed by atoms with E-state index in [0.717, 1.165) is 5.56 Å². The lowest BCUT2D eigenvalue weighted by Crippen LogP contribution is -2.05. The molecule has 0 spiro atoms. The van der Waals surface area contributed by atoms with Crippen LogP contribution in [0, 0.1) is 11.8 Å². The highest BCUT2D eigenvalue weighted by molar-refractivity contribution is 6.09. The second-order valence-electron chi connectivity index (χ2n) is 6.17. The summed E-state index contributed by atoms with van der Waals surface area (Å²) in [6, 6.07) is 22.1. The van der Waals surface area contributed by atoms with Crippen molar-refractivity contribution in [1.82, 2.24) is 0 Å². The molecule has 3 aromatic rings. The van der Waals surface area contributed by atoms with E-state index in [9.17, 15) is 4.79 Å². The summed E-state index contributed by atoms with van der Waals surface area (Å²) in [5.74, 6) is 5.93. The number of rotatable bonds is 4. The van der Waals surface area contributed by atoms with Gasteiger partial charge in [-0.2, -0.15) is 0 Å². The Hall–Kier alpha value is -2.89. The molecule has 0 unspecified atom stereocenters. The Morgan fingerprint density at radius 1 is 1.00 bits per heavy atom. The Kier molecular flexibility index (Phi) is 5.28. The Balaban J connectivity index is 1.78. The van der Waals surface area contributed by atoms with Crippen molar-refractivity contribution in [1.29, 1.82) is 0 Å². The van der Waals surface area contributed by atoms with Gasteiger partial charge >= 0.3 is 0 Å². The normalized spacial score (nSPS) is 11.6. The molecule has 0 saturated carbocycles. The van der Waals surface area contributed by atoms with E-state index >= 15 is 0 Å². The van der Waals surface area contributed by atoms with Crippen LogP contribution in [0.2, 0.25) is 0 Å². The van der Waals surface area contributed by atoms with Crippen LogP contribution in [0.3, 0.4) is 0 Å². The molecule has 2 heteroatoms. The molecule has 0 aromatic heterocycles. The summed E-state index contributed by atoms with van der Waals surface area (Å²) < 4.78 is 0. The molecule has 0 aliphatic rings. The van der Waals surface area contributed by atoms with Crippen molar-refractivity contribution in [2.75, 3.05) is 0 Å². The van der Waals surface area contributed by atoms with Crippen LogP contribution < -0.4 is 5.73 Å². The van der Waals surface area contributed by atoms with Gasteiger partial charge in [0.25, 0.3) is 0 Å². The second kappa shape index (κ2) is 7.79. The minimum atomic E-state index is -0.161. The molecule has 0 aliphatic heterocycles. The van der Waals surface area contributed by atoms with Crippen LogP contribution in [-0.4, -0.2) is 5.78 Å². The van der Waals surface area contributed by atoms with Crippen LogP contribution in [0.15, 0.2) is 66.7 Å². The van der Waals surface area contributed by atoms with Gasteiger partial charge in [-0.1, -0.05) is 79.6 Å². The monoisotopic (exact) mass is 327 g/mol. The molecule has 0 heterocycles. The summed E-state index contributed by atoms with van der Waals surface area (Å²) in [5, 5.41) is 2.48. The molecule has 25 heavy (non-hydrogen) atoms. The standard InChI is InChI=1S/C23H21NO/c1-17(20-14-7-11-18-9-2-4-12-21(18)20)8-6-15-23(25)22-13-5-3-10-19(22)16-24/h2-5,7,9-14,17H,8,16,24H2,1H3/t17-/m0/s1. The van der Waals surface area contributed by atoms with Gasteiger partial charge in [-0.15, -0.1) is 0 Å². The molecule has 0 radical (unpaired) electrons. The smallest absolute Gasteiger partial charge is 0.236 e. The predicted octanol–water partition coefficient (Wildman–Crippen LogP) is 4.68. The lowest BCUT2D eigenvalue weighted by atomic mass is 9.92. The van der Waals surface area contributed by atoms with Crippen molar-refractivity contribution < 1.29 is 4.79 Å². The number of benzene rings is 3. The van der Waals surface area contributed by atoms with Gasteiger partial charge in [-0.3, -0.25) is 4.79 Å². The quantitative estimate of drug-likeness (QED) is 0.429. The first-order chi connectivity index (χ1) is 12.2. The zero-order chi connectivity index (χ0) is 17.6. The van der Waals surface area contributed by atoms with Crippen LogP contribution in [0.1, 0.15) is 40.7 Å². The molecule has 2 nitrogen and oxygen atoms in total. The highest BCUT2D eigenvalue weighted by atomic mass is 16.1. The van der Waals surface area contributed by atoms with Crippen LogP contribution in [-0.2, 0) is 6.54 Å². The molecule has 0 fully saturated rings. The number of hydrogen-bond donors (Lipinski definition) is 1. The fraction of sp³-hybridized carbons (Fsp3) is 0.174. The fourth-order valence-corrected chi connectivity index (χ4v) is 3.06. The topological polar surface area (TPSA) is 43.1 Å². The Morgan fingerprint density at radius 2 is 1.72 bits per heavy atom. The minimum Gasteiger partial charge on any atom is -0.326 e. The van der Waals surface area contributed by atoms with E-state index in [2.05, 4.69) is 55.2 Å². The predicted molar refractivity (Wildman–Crippen MR) is 103 cm³/mol. The van der Waals surface area contributed by atoms with E-state index in [1.165, 1.54) is 16.3 Å². The number of carbonyl (C=O) groups is 1. The summed E-state index contributed by atoms with van der Waals surface area (Å²) >= 11 is 0. The van der Waals surface area contributed by atoms with Crippen LogP contribution in [0.25, 0.3) is 10.8 Å². The van der Waals surface area contributed by atoms with Crippen molar-refractivity contribution in [2.24, 2.45) is 5.73 Å². The number of fused-ring (bicyclic) bond motifs is 1. The number of carbonyl (C=O) groups excluding carboxylic acids is 1. The van der Waals surface area contributed by atoms with Crippen LogP contribution in [0.4, 0.5) is 0 Å². The van der Waals surface area contributed by atoms with Crippen molar-refractivity contribution in [3.05, 3.63) is 83.4 Å². The molecular formula is C23H21NO. The summed E-state index contributed by atoms with van der Waals surface area (Å²) in [4.78, 5) is 12.3. The molecule has 2 N–H and O–H groups in total. The third-order valence-corrected chi connectivity index (χ3v) is 4.45. The van der Waals surface area contributed by atoms with E-state index < -0.39 is 0 Å². The zero-order valence-electron chi connectivity index (χ0n) is 14.3. The van der Waals surface area contributed by atoms with Gasteiger partial charge in [0.05, 0.1) is 0 Å². The molecule has 0 bridgehead atoms. The van der Waals surface area contributed by atoms with Crippen molar-refractivity contribution >= 4 is 16.6 Å². The van der Waals surface area contributed by atoms with Gasteiger partial charge in [-0.25, -0.2) is 0 Å². The molecule has 1 atom stereocenters. The van der Waals surface area contributed by atoms with Gasteiger partial charge in [0.15, 0.2) is 0 Å². The van der Waals surface area contributed by atoms with Crippen molar-refractivity contribution in [3.8, 4) is 11.8 Å². The first-order valence-corrected chi connectivity index (χ1v) is 8.49. The van der Waals surface area contributed by atoms with Crippen LogP contribution in [0.5, 0.6) is 0 Å². The molecule has 124 valence electrons. The maximum absolute atomic E-state index is 12.3. The maximum Gasteiger partial charge on any atom is 0.236 e. The SMILES string of the molecule is C[C@@H](CC#CC(=O)c1ccccc1CN)c1cccc2ccccc12. The Labute approximate surface area is 148 Å². The summed E-state index contributed by atoms with van der Waals surface area (Å²) in [6.45, 7) is 2.49. The van der Waals surface area contributed by atoms with E-state index in [1.807, 2.05) is 24.3 Å². The van der Waals surface area contributed by atoms with Gasteiger partial charge in [0, 0.05) is 18.5 Å². The third kappa shape index (κ3) is 3.79. The summed E-state index contributed by atoms with van der Waals surface area (Å²) in [6.07, 6.45) is 0.643. The van der Waals surface area contributed by atoms with E-state index in [0.29, 0.717) is 18.5 Å². The van der Waals surface area contributed by atoms with Crippen molar-refractivity contribution in [3.63, 3.8) is 0 Å². The maximum atomic E-state index is 12.3. The molecule has 3 aromatic carbocycles. The van der Waals surface area contributed by atoms with E-state index in [1.54, 1.807) is 6.07 Å². The second-order valence-corrected chi connectivity index (χ2v) is 6.17. The zero-order valence-corrected chi connectivity index (χ0v) is 14.3. The van der Waals surface area contributed by atoms with Gasteiger partial charge < -0.3 is 5.73 Å². The Morgan fingerprint density at radius 3 is 2.56 bits per heavy atom. The average molecular weight is 327 g/mol. The molecule has 0 amide bonds. The first-order valence-electron chi connectivity index (χ1n) is 8.49. The lowest BCUT2D eigenvalue weighted by molar-refractivity contribution is 0.105. The van der Waals surface area contributed by atoms with Gasteiger partial charge in [0.1, 0.15) is 0 Å². The molecule has 0 aliphatic carbocycles. The highest BCUT2D eigenvalue weighted by Gasteiger charge is 2.09. The highest BCUT2D eigenvalue weighted by Crippen LogP contribution is 2.27. The Bertz CT molecular complexity index is 957. The average Bonchev–Trinajstić information content (AvgIpc) is 2.67.